The highest BCUT2D eigenvalue weighted by Crippen LogP contribution is 2.43. The SMILES string of the molecule is NC(=O)C(c1ccccc1)(c1ccccc1)[C@@H]1CCN(CCCCCCCCCNCC(F)(F)F)C1. The summed E-state index contributed by atoms with van der Waals surface area (Å²) in [6.07, 6.45) is 4.14. The van der Waals surface area contributed by atoms with Crippen molar-refractivity contribution < 1.29 is 18.0 Å². The van der Waals surface area contributed by atoms with Crippen molar-refractivity contribution in [3.05, 3.63) is 71.8 Å². The number of benzene rings is 2. The van der Waals surface area contributed by atoms with Crippen LogP contribution in [0.25, 0.3) is 0 Å². The fraction of sp³-hybridized carbons (Fsp3) is 0.552. The van der Waals surface area contributed by atoms with Gasteiger partial charge >= 0.3 is 6.18 Å². The van der Waals surface area contributed by atoms with Gasteiger partial charge in [-0.3, -0.25) is 4.79 Å². The van der Waals surface area contributed by atoms with Crippen LogP contribution in [0.5, 0.6) is 0 Å². The zero-order valence-corrected chi connectivity index (χ0v) is 21.1. The fourth-order valence-electron chi connectivity index (χ4n) is 5.61. The molecule has 1 aliphatic heterocycles. The third kappa shape index (κ3) is 7.81. The summed E-state index contributed by atoms with van der Waals surface area (Å²) in [4.78, 5) is 15.6. The largest absolute Gasteiger partial charge is 0.401 e. The molecule has 0 saturated carbocycles. The molecule has 4 nitrogen and oxygen atoms in total. The molecule has 2 aromatic carbocycles. The molecule has 1 amide bonds. The second-order valence-electron chi connectivity index (χ2n) is 9.96. The van der Waals surface area contributed by atoms with Crippen LogP contribution in [-0.4, -0.2) is 49.7 Å². The van der Waals surface area contributed by atoms with E-state index in [0.29, 0.717) is 6.54 Å². The number of alkyl halides is 3. The van der Waals surface area contributed by atoms with E-state index in [9.17, 15) is 18.0 Å². The van der Waals surface area contributed by atoms with E-state index in [-0.39, 0.29) is 11.8 Å². The number of nitrogens with zero attached hydrogens (tertiary/aromatic N) is 1. The normalized spacial score (nSPS) is 16.9. The lowest BCUT2D eigenvalue weighted by Crippen LogP contribution is -2.49. The Kier molecular flexibility index (Phi) is 10.8. The van der Waals surface area contributed by atoms with E-state index in [1.807, 2.05) is 60.7 Å². The van der Waals surface area contributed by atoms with Crippen molar-refractivity contribution in [3.8, 4) is 0 Å². The van der Waals surface area contributed by atoms with Crippen molar-refractivity contribution in [1.82, 2.24) is 10.2 Å². The van der Waals surface area contributed by atoms with Crippen LogP contribution in [0.15, 0.2) is 60.7 Å². The average Bonchev–Trinajstić information content (AvgIpc) is 3.32. The number of primary amides is 1. The third-order valence-electron chi connectivity index (χ3n) is 7.39. The van der Waals surface area contributed by atoms with E-state index >= 15 is 0 Å². The van der Waals surface area contributed by atoms with E-state index in [0.717, 1.165) is 82.1 Å². The first-order valence-electron chi connectivity index (χ1n) is 13.2. The number of rotatable bonds is 15. The number of nitrogens with two attached hydrogens (primary N) is 1. The Hall–Kier alpha value is -2.38. The molecule has 1 heterocycles. The van der Waals surface area contributed by atoms with Gasteiger partial charge in [-0.05, 0) is 55.9 Å². The van der Waals surface area contributed by atoms with Crippen LogP contribution in [0.3, 0.4) is 0 Å². The zero-order chi connectivity index (χ0) is 25.9. The van der Waals surface area contributed by atoms with Crippen molar-refractivity contribution in [2.24, 2.45) is 11.7 Å². The Balaban J connectivity index is 1.44. The number of carbonyl (C=O) groups is 1. The molecule has 0 bridgehead atoms. The van der Waals surface area contributed by atoms with E-state index in [4.69, 9.17) is 5.73 Å². The smallest absolute Gasteiger partial charge is 0.369 e. The first-order chi connectivity index (χ1) is 17.3. The van der Waals surface area contributed by atoms with Crippen LogP contribution in [-0.2, 0) is 10.2 Å². The predicted molar refractivity (Wildman–Crippen MR) is 139 cm³/mol. The highest BCUT2D eigenvalue weighted by molar-refractivity contribution is 5.91. The lowest BCUT2D eigenvalue weighted by Gasteiger charge is -2.37. The van der Waals surface area contributed by atoms with Crippen LogP contribution < -0.4 is 11.1 Å². The minimum absolute atomic E-state index is 0.116. The number of carbonyl (C=O) groups excluding carboxylic acids is 1. The minimum atomic E-state index is -4.13. The molecular weight excluding hydrogens is 463 g/mol. The predicted octanol–water partition coefficient (Wildman–Crippen LogP) is 5.66. The maximum atomic E-state index is 13.2. The molecule has 1 fully saturated rings. The Morgan fingerprint density at radius 2 is 1.39 bits per heavy atom. The molecule has 3 rings (SSSR count). The van der Waals surface area contributed by atoms with Gasteiger partial charge in [-0.2, -0.15) is 13.2 Å². The molecule has 0 spiro atoms. The van der Waals surface area contributed by atoms with Gasteiger partial charge < -0.3 is 16.0 Å². The Bertz CT molecular complexity index is 865. The van der Waals surface area contributed by atoms with E-state index in [2.05, 4.69) is 10.2 Å². The average molecular weight is 504 g/mol. The van der Waals surface area contributed by atoms with Gasteiger partial charge in [-0.15, -0.1) is 0 Å². The van der Waals surface area contributed by atoms with Gasteiger partial charge in [0.15, 0.2) is 0 Å². The molecule has 7 heteroatoms. The molecule has 1 atom stereocenters. The van der Waals surface area contributed by atoms with Gasteiger partial charge in [0.2, 0.25) is 5.91 Å². The fourth-order valence-corrected chi connectivity index (χ4v) is 5.61. The molecule has 0 unspecified atom stereocenters. The van der Waals surface area contributed by atoms with Crippen LogP contribution in [0.2, 0.25) is 0 Å². The van der Waals surface area contributed by atoms with Gasteiger partial charge in [0.05, 0.1) is 6.54 Å². The molecular formula is C29H40F3N3O. The summed E-state index contributed by atoms with van der Waals surface area (Å²) < 4.78 is 36.3. The summed E-state index contributed by atoms with van der Waals surface area (Å²) in [5.74, 6) is -0.175. The maximum absolute atomic E-state index is 13.2. The molecule has 0 radical (unpaired) electrons. The number of hydrogen-bond donors (Lipinski definition) is 2. The lowest BCUT2D eigenvalue weighted by atomic mass is 9.64. The van der Waals surface area contributed by atoms with Crippen molar-refractivity contribution in [2.45, 2.75) is 63.0 Å². The Labute approximate surface area is 213 Å². The second kappa shape index (κ2) is 13.8. The quantitative estimate of drug-likeness (QED) is 0.308. The van der Waals surface area contributed by atoms with Crippen molar-refractivity contribution in [2.75, 3.05) is 32.7 Å². The molecule has 0 aromatic heterocycles. The number of unbranched alkanes of at least 4 members (excludes halogenated alkanes) is 6. The molecule has 1 aliphatic rings. The molecule has 3 N–H and O–H groups in total. The van der Waals surface area contributed by atoms with E-state index in [1.54, 1.807) is 0 Å². The molecule has 0 aliphatic carbocycles. The lowest BCUT2D eigenvalue weighted by molar-refractivity contribution is -0.125. The highest BCUT2D eigenvalue weighted by atomic mass is 19.4. The first-order valence-corrected chi connectivity index (χ1v) is 13.2. The summed E-state index contributed by atoms with van der Waals surface area (Å²) in [6.45, 7) is 2.34. The standard InChI is InChI=1S/C29H40F3N3O/c30-28(31,32)23-34-19-12-4-2-1-3-5-13-20-35-21-18-26(22-35)29(27(33)36,24-14-8-6-9-15-24)25-16-10-7-11-17-25/h6-11,14-17,26,34H,1-5,12-13,18-23H2,(H2,33,36)/t26-/m1/s1. The summed E-state index contributed by atoms with van der Waals surface area (Å²) in [5, 5.41) is 2.45. The summed E-state index contributed by atoms with van der Waals surface area (Å²) in [6, 6.07) is 19.9. The molecule has 36 heavy (non-hydrogen) atoms. The maximum Gasteiger partial charge on any atom is 0.401 e. The molecule has 198 valence electrons. The summed E-state index contributed by atoms with van der Waals surface area (Å²) >= 11 is 0. The number of hydrogen-bond acceptors (Lipinski definition) is 3. The van der Waals surface area contributed by atoms with Gasteiger partial charge in [0.1, 0.15) is 5.41 Å². The van der Waals surface area contributed by atoms with Crippen molar-refractivity contribution in [1.29, 1.82) is 0 Å². The zero-order valence-electron chi connectivity index (χ0n) is 21.1. The van der Waals surface area contributed by atoms with Crippen LogP contribution in [0, 0.1) is 5.92 Å². The minimum Gasteiger partial charge on any atom is -0.369 e. The summed E-state index contributed by atoms with van der Waals surface area (Å²) in [5.41, 5.74) is 7.26. The highest BCUT2D eigenvalue weighted by Gasteiger charge is 2.49. The van der Waals surface area contributed by atoms with Gasteiger partial charge in [0.25, 0.3) is 0 Å². The second-order valence-corrected chi connectivity index (χ2v) is 9.96. The Morgan fingerprint density at radius 1 is 0.861 bits per heavy atom. The van der Waals surface area contributed by atoms with Crippen LogP contribution >= 0.6 is 0 Å². The number of nitrogens with one attached hydrogen (secondary N) is 1. The van der Waals surface area contributed by atoms with Gasteiger partial charge in [0, 0.05) is 6.54 Å². The van der Waals surface area contributed by atoms with E-state index in [1.165, 1.54) is 0 Å². The molecule has 2 aromatic rings. The number of halogens is 3. The molecule has 1 saturated heterocycles. The van der Waals surface area contributed by atoms with Crippen molar-refractivity contribution in [3.63, 3.8) is 0 Å². The summed E-state index contributed by atoms with van der Waals surface area (Å²) in [7, 11) is 0. The third-order valence-corrected chi connectivity index (χ3v) is 7.39. The van der Waals surface area contributed by atoms with Gasteiger partial charge in [-0.25, -0.2) is 0 Å². The van der Waals surface area contributed by atoms with Crippen molar-refractivity contribution >= 4 is 5.91 Å². The monoisotopic (exact) mass is 503 g/mol. The number of likely N-dealkylation sites (tertiary alicyclic amines) is 1. The van der Waals surface area contributed by atoms with Crippen LogP contribution in [0.1, 0.15) is 62.5 Å². The first kappa shape index (κ1) is 28.2. The number of amides is 1. The van der Waals surface area contributed by atoms with E-state index < -0.39 is 18.1 Å². The Morgan fingerprint density at radius 3 is 1.92 bits per heavy atom. The van der Waals surface area contributed by atoms with Gasteiger partial charge in [-0.1, -0.05) is 92.8 Å². The van der Waals surface area contributed by atoms with Crippen LogP contribution in [0.4, 0.5) is 13.2 Å². The topological polar surface area (TPSA) is 58.4 Å².